The molecule has 0 aliphatic carbocycles. The minimum absolute atomic E-state index is 0.0538. The van der Waals surface area contributed by atoms with Crippen LogP contribution in [-0.2, 0) is 6.61 Å². The monoisotopic (exact) mass is 247 g/mol. The van der Waals surface area contributed by atoms with Gasteiger partial charge in [0.1, 0.15) is 5.82 Å². The Hall–Kier alpha value is -1.66. The Morgan fingerprint density at radius 2 is 2.44 bits per heavy atom. The molecule has 0 unspecified atom stereocenters. The van der Waals surface area contributed by atoms with Crippen molar-refractivity contribution in [2.24, 2.45) is 0 Å². The zero-order chi connectivity index (χ0) is 12.4. The van der Waals surface area contributed by atoms with Crippen LogP contribution in [0.3, 0.4) is 0 Å². The molecular formula is C12H17N5O. The predicted molar refractivity (Wildman–Crippen MR) is 68.4 cm³/mol. The number of hydrogen-bond acceptors (Lipinski definition) is 5. The molecular weight excluding hydrogens is 230 g/mol. The maximum absolute atomic E-state index is 9.19. The van der Waals surface area contributed by atoms with Gasteiger partial charge in [-0.3, -0.25) is 0 Å². The van der Waals surface area contributed by atoms with Gasteiger partial charge < -0.3 is 15.7 Å². The molecule has 18 heavy (non-hydrogen) atoms. The van der Waals surface area contributed by atoms with Crippen molar-refractivity contribution < 1.29 is 5.11 Å². The normalized spacial score (nSPS) is 19.5. The lowest BCUT2D eigenvalue weighted by Gasteiger charge is -2.12. The molecule has 3 rings (SSSR count). The average Bonchev–Trinajstić information content (AvgIpc) is 3.05. The minimum Gasteiger partial charge on any atom is -0.390 e. The second-order valence-corrected chi connectivity index (χ2v) is 4.57. The highest BCUT2D eigenvalue weighted by atomic mass is 16.3. The third-order valence-corrected chi connectivity index (χ3v) is 3.29. The van der Waals surface area contributed by atoms with Crippen LogP contribution >= 0.6 is 0 Å². The summed E-state index contributed by atoms with van der Waals surface area (Å²) in [6, 6.07) is 4.34. The van der Waals surface area contributed by atoms with E-state index in [4.69, 9.17) is 0 Å². The number of aliphatic hydroxyl groups is 1. The van der Waals surface area contributed by atoms with E-state index in [1.54, 1.807) is 10.7 Å². The van der Waals surface area contributed by atoms with Crippen LogP contribution in [0.2, 0.25) is 0 Å². The van der Waals surface area contributed by atoms with Gasteiger partial charge in [0, 0.05) is 12.6 Å². The molecule has 3 N–H and O–H groups in total. The van der Waals surface area contributed by atoms with Crippen molar-refractivity contribution in [2.45, 2.75) is 25.5 Å². The van der Waals surface area contributed by atoms with Crippen molar-refractivity contribution in [2.75, 3.05) is 18.4 Å². The molecule has 0 saturated carbocycles. The molecule has 3 heterocycles. The summed E-state index contributed by atoms with van der Waals surface area (Å²) in [6.45, 7) is 1.93. The van der Waals surface area contributed by atoms with E-state index < -0.39 is 0 Å². The van der Waals surface area contributed by atoms with Crippen LogP contribution in [-0.4, -0.2) is 38.8 Å². The van der Waals surface area contributed by atoms with E-state index in [2.05, 4.69) is 20.7 Å². The summed E-state index contributed by atoms with van der Waals surface area (Å²) in [7, 11) is 0. The molecule has 1 atom stereocenters. The third-order valence-electron chi connectivity index (χ3n) is 3.29. The number of anilines is 1. The van der Waals surface area contributed by atoms with Crippen LogP contribution in [0.15, 0.2) is 18.3 Å². The lowest BCUT2D eigenvalue weighted by Crippen LogP contribution is -2.29. The Kier molecular flexibility index (Phi) is 3.12. The molecule has 0 spiro atoms. The van der Waals surface area contributed by atoms with Crippen LogP contribution < -0.4 is 10.6 Å². The fourth-order valence-corrected chi connectivity index (χ4v) is 2.28. The Morgan fingerprint density at radius 1 is 1.50 bits per heavy atom. The van der Waals surface area contributed by atoms with Crippen molar-refractivity contribution in [3.8, 4) is 0 Å². The van der Waals surface area contributed by atoms with Crippen molar-refractivity contribution >= 4 is 11.5 Å². The number of aromatic nitrogens is 3. The first kappa shape index (κ1) is 11.4. The third kappa shape index (κ3) is 2.16. The quantitative estimate of drug-likeness (QED) is 0.728. The number of nitrogens with zero attached hydrogens (tertiary/aromatic N) is 3. The highest BCUT2D eigenvalue weighted by molar-refractivity contribution is 5.45. The Labute approximate surface area is 105 Å². The van der Waals surface area contributed by atoms with Gasteiger partial charge in [0.05, 0.1) is 18.5 Å². The number of aliphatic hydroxyl groups excluding tert-OH is 1. The van der Waals surface area contributed by atoms with Gasteiger partial charge in [-0.1, -0.05) is 0 Å². The van der Waals surface area contributed by atoms with Crippen LogP contribution in [0.4, 0.5) is 5.82 Å². The molecule has 1 fully saturated rings. The molecule has 1 aliphatic rings. The summed E-state index contributed by atoms with van der Waals surface area (Å²) in [5.74, 6) is 0.809. The van der Waals surface area contributed by atoms with E-state index in [9.17, 15) is 5.11 Å². The predicted octanol–water partition coefficient (Wildman–Crippen LogP) is 0.385. The lowest BCUT2D eigenvalue weighted by atomic mass is 10.2. The van der Waals surface area contributed by atoms with Gasteiger partial charge in [-0.25, -0.2) is 9.50 Å². The first-order valence-electron chi connectivity index (χ1n) is 6.28. The maximum Gasteiger partial charge on any atom is 0.154 e. The van der Waals surface area contributed by atoms with Crippen molar-refractivity contribution in [1.29, 1.82) is 0 Å². The van der Waals surface area contributed by atoms with E-state index in [1.807, 2.05) is 12.1 Å². The van der Waals surface area contributed by atoms with Gasteiger partial charge in [-0.15, -0.1) is 5.10 Å². The zero-order valence-electron chi connectivity index (χ0n) is 10.1. The van der Waals surface area contributed by atoms with Gasteiger partial charge in [0.15, 0.2) is 5.65 Å². The van der Waals surface area contributed by atoms with E-state index in [-0.39, 0.29) is 6.61 Å². The molecule has 96 valence electrons. The second-order valence-electron chi connectivity index (χ2n) is 4.57. The van der Waals surface area contributed by atoms with Gasteiger partial charge >= 0.3 is 0 Å². The molecule has 1 aliphatic heterocycles. The zero-order valence-corrected chi connectivity index (χ0v) is 10.1. The van der Waals surface area contributed by atoms with Crippen LogP contribution in [0.5, 0.6) is 0 Å². The Morgan fingerprint density at radius 3 is 3.22 bits per heavy atom. The average molecular weight is 247 g/mol. The second kappa shape index (κ2) is 4.91. The Balaban J connectivity index is 1.75. The summed E-state index contributed by atoms with van der Waals surface area (Å²) < 4.78 is 1.67. The summed E-state index contributed by atoms with van der Waals surface area (Å²) in [5.41, 5.74) is 1.45. The molecule has 6 nitrogen and oxygen atoms in total. The van der Waals surface area contributed by atoms with Crippen LogP contribution in [0.25, 0.3) is 5.65 Å². The molecule has 1 saturated heterocycles. The fraction of sp³-hybridized carbons (Fsp3) is 0.500. The van der Waals surface area contributed by atoms with Gasteiger partial charge in [-0.05, 0) is 31.5 Å². The molecule has 6 heteroatoms. The van der Waals surface area contributed by atoms with E-state index in [1.165, 1.54) is 12.8 Å². The van der Waals surface area contributed by atoms with Crippen LogP contribution in [0.1, 0.15) is 18.5 Å². The molecule has 0 aromatic carbocycles. The summed E-state index contributed by atoms with van der Waals surface area (Å²) in [5, 5.41) is 20.4. The first-order chi connectivity index (χ1) is 8.86. The van der Waals surface area contributed by atoms with Crippen molar-refractivity contribution in [3.05, 3.63) is 24.0 Å². The Bertz CT molecular complexity index is 532. The van der Waals surface area contributed by atoms with Crippen LogP contribution in [0, 0.1) is 0 Å². The van der Waals surface area contributed by atoms with Crippen molar-refractivity contribution in [1.82, 2.24) is 19.9 Å². The SMILES string of the molecule is OCc1cnc2ccc(NC[C@@H]3CCCN3)nn12. The number of imidazole rings is 1. The molecule has 2 aromatic rings. The first-order valence-corrected chi connectivity index (χ1v) is 6.28. The fourth-order valence-electron chi connectivity index (χ4n) is 2.28. The highest BCUT2D eigenvalue weighted by Gasteiger charge is 2.13. The number of rotatable bonds is 4. The summed E-state index contributed by atoms with van der Waals surface area (Å²) >= 11 is 0. The standard InChI is InChI=1S/C12H17N5O/c18-8-10-7-15-12-4-3-11(16-17(10)12)14-6-9-2-1-5-13-9/h3-4,7,9,13,18H,1-2,5-6,8H2,(H,14,16)/t9-/m0/s1. The van der Waals surface area contributed by atoms with E-state index >= 15 is 0 Å². The molecule has 0 bridgehead atoms. The number of fused-ring (bicyclic) bond motifs is 1. The van der Waals surface area contributed by atoms with Gasteiger partial charge in [-0.2, -0.15) is 0 Å². The molecule has 2 aromatic heterocycles. The maximum atomic E-state index is 9.19. The molecule has 0 amide bonds. The number of nitrogens with one attached hydrogen (secondary N) is 2. The topological polar surface area (TPSA) is 74.5 Å². The van der Waals surface area contributed by atoms with E-state index in [0.717, 1.165) is 24.6 Å². The van der Waals surface area contributed by atoms with Crippen molar-refractivity contribution in [3.63, 3.8) is 0 Å². The van der Waals surface area contributed by atoms with E-state index in [0.29, 0.717) is 11.7 Å². The minimum atomic E-state index is -0.0538. The summed E-state index contributed by atoms with van der Waals surface area (Å²) in [6.07, 6.45) is 4.10. The smallest absolute Gasteiger partial charge is 0.154 e. The largest absolute Gasteiger partial charge is 0.390 e. The van der Waals surface area contributed by atoms with Gasteiger partial charge in [0.25, 0.3) is 0 Å². The van der Waals surface area contributed by atoms with Gasteiger partial charge in [0.2, 0.25) is 0 Å². The number of hydrogen-bond donors (Lipinski definition) is 3. The lowest BCUT2D eigenvalue weighted by molar-refractivity contribution is 0.274. The molecule has 0 radical (unpaired) electrons. The highest BCUT2D eigenvalue weighted by Crippen LogP contribution is 2.10. The summed E-state index contributed by atoms with van der Waals surface area (Å²) in [4.78, 5) is 4.17.